The van der Waals surface area contributed by atoms with Crippen LogP contribution in [0.1, 0.15) is 106 Å². The Morgan fingerprint density at radius 3 is 1.87 bits per heavy atom. The smallest absolute Gasteiger partial charge is 0.00820 e. The van der Waals surface area contributed by atoms with Gasteiger partial charge in [0.05, 0.1) is 0 Å². The molecule has 0 bridgehead atoms. The lowest BCUT2D eigenvalue weighted by atomic mass is 9.71. The van der Waals surface area contributed by atoms with Gasteiger partial charge in [0.25, 0.3) is 0 Å². The second-order valence-corrected chi connectivity index (χ2v) is 11.3. The van der Waals surface area contributed by atoms with Crippen LogP contribution in [0, 0.1) is 41.4 Å². The van der Waals surface area contributed by atoms with Gasteiger partial charge in [-0.2, -0.15) is 0 Å². The molecule has 2 N–H and O–H groups in total. The molecule has 0 saturated carbocycles. The Morgan fingerprint density at radius 2 is 1.40 bits per heavy atom. The fourth-order valence-electron chi connectivity index (χ4n) is 5.67. The second-order valence-electron chi connectivity index (χ2n) is 11.3. The molecule has 0 aliphatic rings. The van der Waals surface area contributed by atoms with Crippen molar-refractivity contribution < 1.29 is 0 Å². The van der Waals surface area contributed by atoms with Crippen LogP contribution in [0.15, 0.2) is 30.3 Å². The average molecular weight is 416 g/mol. The molecule has 7 unspecified atom stereocenters. The molecular weight excluding hydrogens is 362 g/mol. The van der Waals surface area contributed by atoms with E-state index >= 15 is 0 Å². The van der Waals surface area contributed by atoms with Gasteiger partial charge in [-0.15, -0.1) is 0 Å². The van der Waals surface area contributed by atoms with Gasteiger partial charge in [0.15, 0.2) is 0 Å². The third-order valence-electron chi connectivity index (χ3n) is 7.80. The van der Waals surface area contributed by atoms with E-state index in [-0.39, 0.29) is 6.04 Å². The van der Waals surface area contributed by atoms with E-state index in [4.69, 9.17) is 5.73 Å². The summed E-state index contributed by atoms with van der Waals surface area (Å²) in [6, 6.07) is 11.2. The summed E-state index contributed by atoms with van der Waals surface area (Å²) < 4.78 is 0. The van der Waals surface area contributed by atoms with Crippen molar-refractivity contribution in [2.24, 2.45) is 47.2 Å². The summed E-state index contributed by atoms with van der Waals surface area (Å²) in [4.78, 5) is 0. The highest BCUT2D eigenvalue weighted by atomic mass is 14.6. The van der Waals surface area contributed by atoms with Crippen LogP contribution in [0.4, 0.5) is 0 Å². The molecule has 1 heteroatoms. The van der Waals surface area contributed by atoms with Crippen LogP contribution >= 0.6 is 0 Å². The normalized spacial score (nSPS) is 19.3. The van der Waals surface area contributed by atoms with Gasteiger partial charge in [0.2, 0.25) is 0 Å². The van der Waals surface area contributed by atoms with Crippen molar-refractivity contribution in [3.63, 3.8) is 0 Å². The standard InChI is InChI=1S/C29H53N/c1-10-26(18-20(2)3)24(8)23(7)17-16-22(6)19-28(21(4)5)29(25(9)30)27-14-12-11-13-15-27/h11-15,20-26,28-29H,10,16-19,30H2,1-9H3. The first-order chi connectivity index (χ1) is 14.1. The van der Waals surface area contributed by atoms with E-state index in [0.29, 0.717) is 17.8 Å². The molecule has 0 aromatic heterocycles. The first-order valence-corrected chi connectivity index (χ1v) is 12.9. The Hall–Kier alpha value is -0.820. The zero-order valence-corrected chi connectivity index (χ0v) is 21.7. The van der Waals surface area contributed by atoms with Crippen LogP contribution in [-0.2, 0) is 0 Å². The summed E-state index contributed by atoms with van der Waals surface area (Å²) in [5.74, 6) is 5.80. The molecule has 1 aromatic rings. The summed E-state index contributed by atoms with van der Waals surface area (Å²) in [6.45, 7) is 21.6. The van der Waals surface area contributed by atoms with Crippen molar-refractivity contribution in [2.75, 3.05) is 0 Å². The van der Waals surface area contributed by atoms with E-state index in [0.717, 1.165) is 29.6 Å². The highest BCUT2D eigenvalue weighted by Crippen LogP contribution is 2.39. The number of nitrogens with two attached hydrogens (primary N) is 1. The minimum Gasteiger partial charge on any atom is -0.327 e. The Labute approximate surface area is 189 Å². The molecule has 0 spiro atoms. The van der Waals surface area contributed by atoms with E-state index in [9.17, 15) is 0 Å². The number of benzene rings is 1. The predicted octanol–water partition coefficient (Wildman–Crippen LogP) is 8.54. The SMILES string of the molecule is CCC(CC(C)C)C(C)C(C)CCC(C)CC(C(C)C)C(c1ccccc1)C(C)N. The van der Waals surface area contributed by atoms with Crippen molar-refractivity contribution in [1.29, 1.82) is 0 Å². The van der Waals surface area contributed by atoms with Crippen LogP contribution in [0.5, 0.6) is 0 Å². The maximum atomic E-state index is 6.53. The lowest BCUT2D eigenvalue weighted by Crippen LogP contribution is -2.34. The maximum absolute atomic E-state index is 6.53. The zero-order valence-electron chi connectivity index (χ0n) is 21.7. The zero-order chi connectivity index (χ0) is 22.8. The van der Waals surface area contributed by atoms with Crippen molar-refractivity contribution in [2.45, 2.75) is 106 Å². The van der Waals surface area contributed by atoms with Gasteiger partial charge in [-0.1, -0.05) is 105 Å². The number of hydrogen-bond donors (Lipinski definition) is 1. The molecule has 0 aliphatic heterocycles. The lowest BCUT2D eigenvalue weighted by Gasteiger charge is -2.36. The maximum Gasteiger partial charge on any atom is 0.00820 e. The van der Waals surface area contributed by atoms with Crippen molar-refractivity contribution in [1.82, 2.24) is 0 Å². The largest absolute Gasteiger partial charge is 0.327 e. The van der Waals surface area contributed by atoms with Gasteiger partial charge in [-0.25, -0.2) is 0 Å². The molecule has 0 amide bonds. The lowest BCUT2D eigenvalue weighted by molar-refractivity contribution is 0.192. The summed E-state index contributed by atoms with van der Waals surface area (Å²) in [5, 5.41) is 0. The van der Waals surface area contributed by atoms with Gasteiger partial charge < -0.3 is 5.73 Å². The van der Waals surface area contributed by atoms with E-state index in [1.165, 1.54) is 37.7 Å². The molecule has 1 aromatic carbocycles. The summed E-state index contributed by atoms with van der Waals surface area (Å²) in [6.07, 6.45) is 6.67. The van der Waals surface area contributed by atoms with Crippen molar-refractivity contribution in [3.05, 3.63) is 35.9 Å². The first-order valence-electron chi connectivity index (χ1n) is 12.9. The molecule has 1 nitrogen and oxygen atoms in total. The highest BCUT2D eigenvalue weighted by Gasteiger charge is 2.30. The Balaban J connectivity index is 2.74. The number of hydrogen-bond acceptors (Lipinski definition) is 1. The first kappa shape index (κ1) is 27.2. The monoisotopic (exact) mass is 415 g/mol. The molecule has 0 radical (unpaired) electrons. The minimum atomic E-state index is 0.187. The summed E-state index contributed by atoms with van der Waals surface area (Å²) in [5.41, 5.74) is 7.95. The fourth-order valence-corrected chi connectivity index (χ4v) is 5.67. The molecule has 0 fully saturated rings. The summed E-state index contributed by atoms with van der Waals surface area (Å²) >= 11 is 0. The molecule has 1 rings (SSSR count). The van der Waals surface area contributed by atoms with Crippen LogP contribution in [-0.4, -0.2) is 6.04 Å². The molecule has 0 saturated heterocycles. The Kier molecular flexibility index (Phi) is 12.3. The van der Waals surface area contributed by atoms with Crippen LogP contribution in [0.3, 0.4) is 0 Å². The fraction of sp³-hybridized carbons (Fsp3) is 0.793. The van der Waals surface area contributed by atoms with Gasteiger partial charge in [-0.05, 0) is 66.8 Å². The van der Waals surface area contributed by atoms with E-state index in [1.807, 2.05) is 0 Å². The van der Waals surface area contributed by atoms with E-state index in [2.05, 4.69) is 92.6 Å². The Morgan fingerprint density at radius 1 is 0.800 bits per heavy atom. The number of rotatable bonds is 14. The van der Waals surface area contributed by atoms with Crippen molar-refractivity contribution >= 4 is 0 Å². The van der Waals surface area contributed by atoms with Gasteiger partial charge >= 0.3 is 0 Å². The molecule has 7 atom stereocenters. The summed E-state index contributed by atoms with van der Waals surface area (Å²) in [7, 11) is 0. The quantitative estimate of drug-likeness (QED) is 0.323. The second kappa shape index (κ2) is 13.6. The molecule has 0 aliphatic carbocycles. The molecule has 30 heavy (non-hydrogen) atoms. The molecular formula is C29H53N. The Bertz CT molecular complexity index is 547. The van der Waals surface area contributed by atoms with E-state index in [1.54, 1.807) is 0 Å². The third kappa shape index (κ3) is 8.74. The average Bonchev–Trinajstić information content (AvgIpc) is 2.69. The van der Waals surface area contributed by atoms with Gasteiger partial charge in [0, 0.05) is 12.0 Å². The highest BCUT2D eigenvalue weighted by molar-refractivity contribution is 5.22. The molecule has 0 heterocycles. The predicted molar refractivity (Wildman–Crippen MR) is 136 cm³/mol. The van der Waals surface area contributed by atoms with Crippen LogP contribution < -0.4 is 5.73 Å². The van der Waals surface area contributed by atoms with Gasteiger partial charge in [0.1, 0.15) is 0 Å². The third-order valence-corrected chi connectivity index (χ3v) is 7.80. The van der Waals surface area contributed by atoms with Crippen LogP contribution in [0.25, 0.3) is 0 Å². The van der Waals surface area contributed by atoms with Gasteiger partial charge in [-0.3, -0.25) is 0 Å². The van der Waals surface area contributed by atoms with Crippen LogP contribution in [0.2, 0.25) is 0 Å². The van der Waals surface area contributed by atoms with E-state index < -0.39 is 0 Å². The minimum absolute atomic E-state index is 0.187. The van der Waals surface area contributed by atoms with Crippen molar-refractivity contribution in [3.8, 4) is 0 Å². The topological polar surface area (TPSA) is 26.0 Å². The molecule has 174 valence electrons.